The van der Waals surface area contributed by atoms with Crippen LogP contribution in [-0.4, -0.2) is 37.8 Å². The Morgan fingerprint density at radius 1 is 1.09 bits per heavy atom. The average Bonchev–Trinajstić information content (AvgIpc) is 2.55. The second kappa shape index (κ2) is 7.91. The zero-order chi connectivity index (χ0) is 14.7. The Morgan fingerprint density at radius 3 is 2.45 bits per heavy atom. The lowest BCUT2D eigenvalue weighted by atomic mass is 9.93. The third kappa shape index (κ3) is 3.43. The molecule has 1 fully saturated rings. The number of hydrogen-bond donors (Lipinski definition) is 1. The molecule has 0 spiro atoms. The van der Waals surface area contributed by atoms with Crippen LogP contribution in [0, 0.1) is 6.92 Å². The van der Waals surface area contributed by atoms with E-state index in [2.05, 4.69) is 53.5 Å². The van der Waals surface area contributed by atoms with Crippen LogP contribution < -0.4 is 5.32 Å². The SMILES string of the molecule is Cc1ccc([C@@H](CCF)N2CCNCC2)c2ccccc12.Cl. The number of alkyl halides is 1. The number of benzene rings is 2. The number of halogens is 2. The molecule has 2 aromatic carbocycles. The second-order valence-electron chi connectivity index (χ2n) is 5.80. The molecule has 1 N–H and O–H groups in total. The van der Waals surface area contributed by atoms with Gasteiger partial charge in [0.1, 0.15) is 0 Å². The van der Waals surface area contributed by atoms with Crippen LogP contribution >= 0.6 is 12.4 Å². The van der Waals surface area contributed by atoms with Gasteiger partial charge in [-0.3, -0.25) is 9.29 Å². The monoisotopic (exact) mass is 322 g/mol. The van der Waals surface area contributed by atoms with Crippen LogP contribution in [-0.2, 0) is 0 Å². The molecule has 120 valence electrons. The maximum absolute atomic E-state index is 13.1. The summed E-state index contributed by atoms with van der Waals surface area (Å²) >= 11 is 0. The molecule has 0 amide bonds. The molecule has 0 radical (unpaired) electrons. The fourth-order valence-electron chi connectivity index (χ4n) is 3.40. The Morgan fingerprint density at radius 2 is 1.77 bits per heavy atom. The molecular weight excluding hydrogens is 299 g/mol. The summed E-state index contributed by atoms with van der Waals surface area (Å²) in [6.45, 7) is 5.84. The fraction of sp³-hybridized carbons (Fsp3) is 0.444. The Hall–Kier alpha value is -1.16. The Balaban J connectivity index is 0.00000176. The van der Waals surface area contributed by atoms with Crippen LogP contribution in [0.2, 0.25) is 0 Å². The molecule has 1 heterocycles. The highest BCUT2D eigenvalue weighted by Crippen LogP contribution is 2.32. The zero-order valence-corrected chi connectivity index (χ0v) is 13.8. The number of piperazine rings is 1. The number of fused-ring (bicyclic) bond motifs is 1. The first-order chi connectivity index (χ1) is 10.3. The average molecular weight is 323 g/mol. The van der Waals surface area contributed by atoms with Crippen LogP contribution in [0.3, 0.4) is 0 Å². The van der Waals surface area contributed by atoms with Gasteiger partial charge in [-0.05, 0) is 35.2 Å². The van der Waals surface area contributed by atoms with Crippen molar-refractivity contribution < 1.29 is 4.39 Å². The highest BCUT2D eigenvalue weighted by molar-refractivity contribution is 5.88. The van der Waals surface area contributed by atoms with Gasteiger partial charge in [0.05, 0.1) is 6.67 Å². The molecule has 0 bridgehead atoms. The summed E-state index contributed by atoms with van der Waals surface area (Å²) in [7, 11) is 0. The Kier molecular flexibility index (Phi) is 6.18. The van der Waals surface area contributed by atoms with Crippen molar-refractivity contribution in [3.63, 3.8) is 0 Å². The Bertz CT molecular complexity index is 611. The van der Waals surface area contributed by atoms with Gasteiger partial charge >= 0.3 is 0 Å². The zero-order valence-electron chi connectivity index (χ0n) is 13.0. The smallest absolute Gasteiger partial charge is 0.0912 e. The molecule has 2 nitrogen and oxygen atoms in total. The number of hydrogen-bond acceptors (Lipinski definition) is 2. The van der Waals surface area contributed by atoms with Gasteiger partial charge in [-0.2, -0.15) is 0 Å². The number of rotatable bonds is 4. The van der Waals surface area contributed by atoms with E-state index in [1.54, 1.807) is 0 Å². The molecule has 0 aliphatic carbocycles. The van der Waals surface area contributed by atoms with E-state index in [0.29, 0.717) is 6.42 Å². The standard InChI is InChI=1S/C18H23FN2.ClH/c1-14-6-7-17(16-5-3-2-4-15(14)16)18(8-9-19)21-12-10-20-11-13-21;/h2-7,18,20H,8-13H2,1H3;1H/t18-;/m1./s1. The summed E-state index contributed by atoms with van der Waals surface area (Å²) in [5.41, 5.74) is 2.56. The van der Waals surface area contributed by atoms with Gasteiger partial charge in [0, 0.05) is 32.2 Å². The third-order valence-corrected chi connectivity index (χ3v) is 4.51. The van der Waals surface area contributed by atoms with Gasteiger partial charge in [0.25, 0.3) is 0 Å². The number of nitrogens with zero attached hydrogens (tertiary/aromatic N) is 1. The maximum atomic E-state index is 13.1. The molecular formula is C18H24ClFN2. The number of aryl methyl sites for hydroxylation is 1. The molecule has 1 aliphatic rings. The molecule has 2 aromatic rings. The van der Waals surface area contributed by atoms with E-state index in [1.165, 1.54) is 21.9 Å². The predicted octanol–water partition coefficient (Wildman–Crippen LogP) is 3.88. The lowest BCUT2D eigenvalue weighted by molar-refractivity contribution is 0.158. The molecule has 1 saturated heterocycles. The summed E-state index contributed by atoms with van der Waals surface area (Å²) in [5.74, 6) is 0. The molecule has 4 heteroatoms. The minimum Gasteiger partial charge on any atom is -0.314 e. The fourth-order valence-corrected chi connectivity index (χ4v) is 3.40. The van der Waals surface area contributed by atoms with Gasteiger partial charge in [0.2, 0.25) is 0 Å². The molecule has 1 aliphatic heterocycles. The van der Waals surface area contributed by atoms with Crippen molar-refractivity contribution in [2.75, 3.05) is 32.9 Å². The van der Waals surface area contributed by atoms with E-state index >= 15 is 0 Å². The molecule has 0 unspecified atom stereocenters. The Labute approximate surface area is 138 Å². The van der Waals surface area contributed by atoms with Crippen LogP contribution in [0.1, 0.15) is 23.6 Å². The lowest BCUT2D eigenvalue weighted by Crippen LogP contribution is -2.45. The van der Waals surface area contributed by atoms with Crippen molar-refractivity contribution in [1.29, 1.82) is 0 Å². The third-order valence-electron chi connectivity index (χ3n) is 4.51. The first-order valence-electron chi connectivity index (χ1n) is 7.80. The van der Waals surface area contributed by atoms with Crippen molar-refractivity contribution in [3.8, 4) is 0 Å². The van der Waals surface area contributed by atoms with E-state index in [4.69, 9.17) is 0 Å². The van der Waals surface area contributed by atoms with Crippen molar-refractivity contribution in [2.24, 2.45) is 0 Å². The van der Waals surface area contributed by atoms with Crippen LogP contribution in [0.4, 0.5) is 4.39 Å². The van der Waals surface area contributed by atoms with Crippen molar-refractivity contribution >= 4 is 23.2 Å². The maximum Gasteiger partial charge on any atom is 0.0912 e. The van der Waals surface area contributed by atoms with Crippen LogP contribution in [0.15, 0.2) is 36.4 Å². The normalized spacial score (nSPS) is 17.2. The largest absolute Gasteiger partial charge is 0.314 e. The quantitative estimate of drug-likeness (QED) is 0.919. The molecule has 22 heavy (non-hydrogen) atoms. The summed E-state index contributed by atoms with van der Waals surface area (Å²) < 4.78 is 13.1. The van der Waals surface area contributed by atoms with Gasteiger partial charge in [-0.1, -0.05) is 36.4 Å². The van der Waals surface area contributed by atoms with E-state index in [9.17, 15) is 4.39 Å². The van der Waals surface area contributed by atoms with Crippen molar-refractivity contribution in [2.45, 2.75) is 19.4 Å². The minimum absolute atomic E-state index is 0. The van der Waals surface area contributed by atoms with Crippen LogP contribution in [0.25, 0.3) is 10.8 Å². The summed E-state index contributed by atoms with van der Waals surface area (Å²) in [6, 6.07) is 13.0. The van der Waals surface area contributed by atoms with Crippen molar-refractivity contribution in [3.05, 3.63) is 47.5 Å². The number of nitrogens with one attached hydrogen (secondary N) is 1. The molecule has 3 rings (SSSR count). The van der Waals surface area contributed by atoms with E-state index < -0.39 is 0 Å². The second-order valence-corrected chi connectivity index (χ2v) is 5.80. The molecule has 0 saturated carbocycles. The van der Waals surface area contributed by atoms with E-state index in [0.717, 1.165) is 26.2 Å². The van der Waals surface area contributed by atoms with Gasteiger partial charge < -0.3 is 5.32 Å². The van der Waals surface area contributed by atoms with Gasteiger partial charge in [0.15, 0.2) is 0 Å². The topological polar surface area (TPSA) is 15.3 Å². The highest BCUT2D eigenvalue weighted by Gasteiger charge is 2.23. The summed E-state index contributed by atoms with van der Waals surface area (Å²) in [4.78, 5) is 2.42. The summed E-state index contributed by atoms with van der Waals surface area (Å²) in [6.07, 6.45) is 0.576. The van der Waals surface area contributed by atoms with Gasteiger partial charge in [-0.25, -0.2) is 0 Å². The predicted molar refractivity (Wildman–Crippen MR) is 93.7 cm³/mol. The highest BCUT2D eigenvalue weighted by atomic mass is 35.5. The van der Waals surface area contributed by atoms with E-state index in [1.807, 2.05) is 0 Å². The van der Waals surface area contributed by atoms with Crippen molar-refractivity contribution in [1.82, 2.24) is 10.2 Å². The first kappa shape index (κ1) is 17.2. The lowest BCUT2D eigenvalue weighted by Gasteiger charge is -2.35. The summed E-state index contributed by atoms with van der Waals surface area (Å²) in [5, 5.41) is 5.93. The molecule has 0 aromatic heterocycles. The molecule has 1 atom stereocenters. The van der Waals surface area contributed by atoms with Crippen LogP contribution in [0.5, 0.6) is 0 Å². The first-order valence-corrected chi connectivity index (χ1v) is 7.80. The van der Waals surface area contributed by atoms with Gasteiger partial charge in [-0.15, -0.1) is 12.4 Å². The van der Waals surface area contributed by atoms with E-state index in [-0.39, 0.29) is 25.1 Å². The minimum atomic E-state index is -0.267.